The van der Waals surface area contributed by atoms with E-state index in [1.54, 1.807) is 0 Å². The molecule has 0 radical (unpaired) electrons. The lowest BCUT2D eigenvalue weighted by atomic mass is 10.2. The van der Waals surface area contributed by atoms with Gasteiger partial charge in [-0.05, 0) is 29.5 Å². The highest BCUT2D eigenvalue weighted by Gasteiger charge is 2.00. The van der Waals surface area contributed by atoms with E-state index in [0.717, 1.165) is 33.9 Å². The molecule has 0 aliphatic rings. The van der Waals surface area contributed by atoms with E-state index in [-0.39, 0.29) is 0 Å². The molecule has 0 saturated heterocycles. The second-order valence-electron chi connectivity index (χ2n) is 3.00. The molecule has 4 heteroatoms. The Morgan fingerprint density at radius 1 is 1.47 bits per heavy atom. The normalized spacial score (nSPS) is 10.3. The fourth-order valence-electron chi connectivity index (χ4n) is 1.16. The first kappa shape index (κ1) is 12.9. The van der Waals surface area contributed by atoms with Gasteiger partial charge in [0.15, 0.2) is 0 Å². The Balaban J connectivity index is 2.47. The van der Waals surface area contributed by atoms with Crippen LogP contribution in [0.2, 0.25) is 0 Å². The van der Waals surface area contributed by atoms with Crippen LogP contribution in [0.5, 0.6) is 5.75 Å². The first-order chi connectivity index (χ1) is 7.27. The molecule has 0 amide bonds. The maximum absolute atomic E-state index is 5.61. The van der Waals surface area contributed by atoms with E-state index >= 15 is 0 Å². The maximum atomic E-state index is 5.61. The standard InChI is InChI=1S/C11H16BrNOS/c1-2-15-6-5-14-10-3-4-11(12)9(7-10)8-13/h3-4,7H,2,5-6,8,13H2,1H3. The fraction of sp³-hybridized carbons (Fsp3) is 0.455. The maximum Gasteiger partial charge on any atom is 0.119 e. The summed E-state index contributed by atoms with van der Waals surface area (Å²) < 4.78 is 6.65. The number of halogens is 1. The number of nitrogens with two attached hydrogens (primary N) is 1. The lowest BCUT2D eigenvalue weighted by molar-refractivity contribution is 0.343. The summed E-state index contributed by atoms with van der Waals surface area (Å²) in [4.78, 5) is 0. The van der Waals surface area contributed by atoms with Crippen LogP contribution in [0.1, 0.15) is 12.5 Å². The SMILES string of the molecule is CCSCCOc1ccc(Br)c(CN)c1. The summed E-state index contributed by atoms with van der Waals surface area (Å²) in [5.74, 6) is 3.07. The molecular weight excluding hydrogens is 274 g/mol. The molecule has 0 atom stereocenters. The minimum atomic E-state index is 0.529. The third kappa shape index (κ3) is 4.45. The van der Waals surface area contributed by atoms with Gasteiger partial charge >= 0.3 is 0 Å². The number of thioether (sulfide) groups is 1. The number of ether oxygens (including phenoxy) is 1. The van der Waals surface area contributed by atoms with Crippen molar-refractivity contribution in [2.75, 3.05) is 18.1 Å². The van der Waals surface area contributed by atoms with Crippen LogP contribution < -0.4 is 10.5 Å². The zero-order valence-electron chi connectivity index (χ0n) is 8.83. The summed E-state index contributed by atoms with van der Waals surface area (Å²) in [5.41, 5.74) is 6.69. The van der Waals surface area contributed by atoms with Gasteiger partial charge < -0.3 is 10.5 Å². The Hall–Kier alpha value is -0.190. The molecule has 84 valence electrons. The first-order valence-corrected chi connectivity index (χ1v) is 6.91. The zero-order valence-corrected chi connectivity index (χ0v) is 11.2. The van der Waals surface area contributed by atoms with Crippen molar-refractivity contribution in [3.05, 3.63) is 28.2 Å². The van der Waals surface area contributed by atoms with Gasteiger partial charge in [-0.2, -0.15) is 11.8 Å². The molecule has 0 saturated carbocycles. The van der Waals surface area contributed by atoms with Crippen LogP contribution in [0.3, 0.4) is 0 Å². The van der Waals surface area contributed by atoms with Gasteiger partial charge in [0.25, 0.3) is 0 Å². The average molecular weight is 290 g/mol. The summed E-state index contributed by atoms with van der Waals surface area (Å²) in [6.07, 6.45) is 0. The van der Waals surface area contributed by atoms with E-state index < -0.39 is 0 Å². The molecule has 0 aliphatic carbocycles. The van der Waals surface area contributed by atoms with E-state index in [1.165, 1.54) is 0 Å². The van der Waals surface area contributed by atoms with Gasteiger partial charge in [-0.1, -0.05) is 22.9 Å². The number of hydrogen-bond acceptors (Lipinski definition) is 3. The van der Waals surface area contributed by atoms with Crippen LogP contribution in [-0.2, 0) is 6.54 Å². The highest BCUT2D eigenvalue weighted by atomic mass is 79.9. The molecule has 1 aromatic rings. The quantitative estimate of drug-likeness (QED) is 0.818. The van der Waals surface area contributed by atoms with Crippen molar-refractivity contribution in [3.63, 3.8) is 0 Å². The van der Waals surface area contributed by atoms with Crippen molar-refractivity contribution in [2.24, 2.45) is 5.73 Å². The van der Waals surface area contributed by atoms with E-state index in [9.17, 15) is 0 Å². The van der Waals surface area contributed by atoms with Crippen LogP contribution in [0, 0.1) is 0 Å². The lowest BCUT2D eigenvalue weighted by Crippen LogP contribution is -2.02. The van der Waals surface area contributed by atoms with Gasteiger partial charge in [0.1, 0.15) is 5.75 Å². The minimum Gasteiger partial charge on any atom is -0.493 e. The molecule has 15 heavy (non-hydrogen) atoms. The summed E-state index contributed by atoms with van der Waals surface area (Å²) in [5, 5.41) is 0. The highest BCUT2D eigenvalue weighted by molar-refractivity contribution is 9.10. The van der Waals surface area contributed by atoms with Gasteiger partial charge in [-0.25, -0.2) is 0 Å². The summed E-state index contributed by atoms with van der Waals surface area (Å²) in [7, 11) is 0. The smallest absolute Gasteiger partial charge is 0.119 e. The third-order valence-electron chi connectivity index (χ3n) is 1.94. The summed E-state index contributed by atoms with van der Waals surface area (Å²) >= 11 is 5.33. The Labute approximate surface area is 104 Å². The van der Waals surface area contributed by atoms with Crippen molar-refractivity contribution < 1.29 is 4.74 Å². The Morgan fingerprint density at radius 3 is 2.93 bits per heavy atom. The van der Waals surface area contributed by atoms with E-state index in [0.29, 0.717) is 6.54 Å². The Bertz CT molecular complexity index is 307. The van der Waals surface area contributed by atoms with Crippen molar-refractivity contribution in [1.82, 2.24) is 0 Å². The molecule has 0 aliphatic heterocycles. The predicted molar refractivity (Wildman–Crippen MR) is 70.5 cm³/mol. The molecule has 1 rings (SSSR count). The van der Waals surface area contributed by atoms with Gasteiger partial charge in [-0.3, -0.25) is 0 Å². The number of benzene rings is 1. The largest absolute Gasteiger partial charge is 0.493 e. The topological polar surface area (TPSA) is 35.2 Å². The molecule has 0 aromatic heterocycles. The van der Waals surface area contributed by atoms with Crippen molar-refractivity contribution >= 4 is 27.7 Å². The van der Waals surface area contributed by atoms with Crippen molar-refractivity contribution in [3.8, 4) is 5.75 Å². The average Bonchev–Trinajstić information content (AvgIpc) is 2.26. The molecule has 2 nitrogen and oxygen atoms in total. The molecule has 0 unspecified atom stereocenters. The summed E-state index contributed by atoms with van der Waals surface area (Å²) in [6.45, 7) is 3.43. The van der Waals surface area contributed by atoms with Gasteiger partial charge in [0, 0.05) is 16.8 Å². The van der Waals surface area contributed by atoms with E-state index in [2.05, 4.69) is 22.9 Å². The Kier molecular flexibility index (Phi) is 6.13. The van der Waals surface area contributed by atoms with Crippen LogP contribution in [-0.4, -0.2) is 18.1 Å². The van der Waals surface area contributed by atoms with Crippen molar-refractivity contribution in [2.45, 2.75) is 13.5 Å². The second-order valence-corrected chi connectivity index (χ2v) is 5.25. The fourth-order valence-corrected chi connectivity index (χ4v) is 2.06. The van der Waals surface area contributed by atoms with Crippen molar-refractivity contribution in [1.29, 1.82) is 0 Å². The Morgan fingerprint density at radius 2 is 2.27 bits per heavy atom. The molecule has 0 bridgehead atoms. The van der Waals surface area contributed by atoms with Gasteiger partial charge in [0.05, 0.1) is 6.61 Å². The van der Waals surface area contributed by atoms with E-state index in [1.807, 2.05) is 30.0 Å². The third-order valence-corrected chi connectivity index (χ3v) is 3.57. The molecule has 0 fully saturated rings. The second kappa shape index (κ2) is 7.14. The van der Waals surface area contributed by atoms with Crippen LogP contribution in [0.25, 0.3) is 0 Å². The van der Waals surface area contributed by atoms with Gasteiger partial charge in [0.2, 0.25) is 0 Å². The minimum absolute atomic E-state index is 0.529. The molecule has 1 aromatic carbocycles. The first-order valence-electron chi connectivity index (χ1n) is 4.97. The zero-order chi connectivity index (χ0) is 11.1. The van der Waals surface area contributed by atoms with E-state index in [4.69, 9.17) is 10.5 Å². The molecule has 2 N–H and O–H groups in total. The molecule has 0 heterocycles. The molecule has 0 spiro atoms. The van der Waals surface area contributed by atoms with Gasteiger partial charge in [-0.15, -0.1) is 0 Å². The highest BCUT2D eigenvalue weighted by Crippen LogP contribution is 2.22. The van der Waals surface area contributed by atoms with Crippen LogP contribution in [0.4, 0.5) is 0 Å². The van der Waals surface area contributed by atoms with Crippen LogP contribution in [0.15, 0.2) is 22.7 Å². The number of hydrogen-bond donors (Lipinski definition) is 1. The number of rotatable bonds is 6. The lowest BCUT2D eigenvalue weighted by Gasteiger charge is -2.08. The molecular formula is C11H16BrNOS. The summed E-state index contributed by atoms with van der Waals surface area (Å²) in [6, 6.07) is 5.92. The van der Waals surface area contributed by atoms with Crippen LogP contribution >= 0.6 is 27.7 Å². The monoisotopic (exact) mass is 289 g/mol. The predicted octanol–water partition coefficient (Wildman–Crippen LogP) is 3.04.